The van der Waals surface area contributed by atoms with Crippen LogP contribution >= 0.6 is 0 Å². The maximum absolute atomic E-state index is 10.7. The van der Waals surface area contributed by atoms with Crippen LogP contribution in [0.5, 0.6) is 0 Å². The summed E-state index contributed by atoms with van der Waals surface area (Å²) in [5.74, 6) is 0. The van der Waals surface area contributed by atoms with E-state index >= 15 is 0 Å². The molecule has 66 valence electrons. The summed E-state index contributed by atoms with van der Waals surface area (Å²) in [5, 5.41) is 0. The molecule has 2 radical (unpaired) electrons. The first kappa shape index (κ1) is 13.1. The van der Waals surface area contributed by atoms with E-state index in [1.165, 1.54) is 18.2 Å². The molecule has 1 aromatic carbocycles. The van der Waals surface area contributed by atoms with E-state index in [1.807, 2.05) is 0 Å². The van der Waals surface area contributed by atoms with Crippen molar-refractivity contribution in [2.24, 2.45) is 0 Å². The van der Waals surface area contributed by atoms with Crippen LogP contribution in [0.4, 0.5) is 0 Å². The van der Waals surface area contributed by atoms with Crippen LogP contribution in [0.25, 0.3) is 6.08 Å². The van der Waals surface area contributed by atoms with Crippen molar-refractivity contribution in [3.05, 3.63) is 36.4 Å². The van der Waals surface area contributed by atoms with E-state index in [1.54, 1.807) is 12.1 Å². The van der Waals surface area contributed by atoms with Crippen molar-refractivity contribution in [2.45, 2.75) is 4.90 Å². The van der Waals surface area contributed by atoms with Gasteiger partial charge in [-0.15, -0.1) is 0 Å². The van der Waals surface area contributed by atoms with Gasteiger partial charge in [0.2, 0.25) is 0 Å². The number of benzene rings is 1. The van der Waals surface area contributed by atoms with Gasteiger partial charge in [0.25, 0.3) is 10.1 Å². The van der Waals surface area contributed by atoms with Crippen molar-refractivity contribution in [3.8, 4) is 0 Å². The second-order valence-electron chi connectivity index (χ2n) is 2.22. The largest absolute Gasteiger partial charge is 0.295 e. The third kappa shape index (κ3) is 3.40. The molecule has 0 aliphatic heterocycles. The quantitative estimate of drug-likeness (QED) is 0.606. The van der Waals surface area contributed by atoms with Crippen LogP contribution in [0, 0.1) is 0 Å². The first-order valence-corrected chi connectivity index (χ1v) is 4.68. The van der Waals surface area contributed by atoms with E-state index in [-0.39, 0.29) is 42.6 Å². The van der Waals surface area contributed by atoms with Crippen molar-refractivity contribution in [3.63, 3.8) is 0 Å². The summed E-state index contributed by atoms with van der Waals surface area (Å²) < 4.78 is 30.2. The summed E-state index contributed by atoms with van der Waals surface area (Å²) in [5.41, 5.74) is 0.403. The molecule has 0 bridgehead atoms. The van der Waals surface area contributed by atoms with Crippen LogP contribution < -0.4 is 0 Å². The van der Waals surface area contributed by atoms with Crippen LogP contribution in [0.3, 0.4) is 0 Å². The Labute approximate surface area is 107 Å². The fraction of sp³-hybridized carbons (Fsp3) is 0. The van der Waals surface area contributed by atoms with Gasteiger partial charge in [0.05, 0.1) is 0 Å². The van der Waals surface area contributed by atoms with E-state index in [0.717, 1.165) is 0 Å². The van der Waals surface area contributed by atoms with Gasteiger partial charge >= 0.3 is 0 Å². The molecule has 0 spiro atoms. The monoisotopic (exact) mass is 224 g/mol. The fourth-order valence-corrected chi connectivity index (χ4v) is 1.58. The Bertz CT molecular complexity index is 398. The predicted octanol–water partition coefficient (Wildman–Crippen LogP) is 1.20. The standard InChI is InChI=1S/C8H8O3S.Ca/c1-2-7-5-3-4-6-8(7)12(9,10)11;/h2-6H,1H2,(H,9,10,11);. The number of rotatable bonds is 2. The number of hydrogen-bond acceptors (Lipinski definition) is 2. The summed E-state index contributed by atoms with van der Waals surface area (Å²) >= 11 is 0. The molecule has 0 saturated carbocycles. The maximum atomic E-state index is 10.7. The first-order valence-electron chi connectivity index (χ1n) is 3.24. The minimum absolute atomic E-state index is 0. The summed E-state index contributed by atoms with van der Waals surface area (Å²) in [6.07, 6.45) is 1.38. The van der Waals surface area contributed by atoms with Gasteiger partial charge in [-0.3, -0.25) is 4.55 Å². The van der Waals surface area contributed by atoms with Gasteiger partial charge in [0.1, 0.15) is 4.90 Å². The molecule has 0 unspecified atom stereocenters. The minimum Gasteiger partial charge on any atom is -0.282 e. The van der Waals surface area contributed by atoms with Crippen molar-refractivity contribution in [2.75, 3.05) is 0 Å². The van der Waals surface area contributed by atoms with E-state index in [0.29, 0.717) is 5.56 Å². The van der Waals surface area contributed by atoms with Crippen molar-refractivity contribution < 1.29 is 13.0 Å². The van der Waals surface area contributed by atoms with Gasteiger partial charge in [-0.25, -0.2) is 0 Å². The van der Waals surface area contributed by atoms with E-state index < -0.39 is 10.1 Å². The molecule has 0 fully saturated rings. The minimum atomic E-state index is -4.12. The molecule has 5 heteroatoms. The second-order valence-corrected chi connectivity index (χ2v) is 3.61. The molecule has 0 aromatic heterocycles. The van der Waals surface area contributed by atoms with Gasteiger partial charge in [0, 0.05) is 37.7 Å². The Morgan fingerprint density at radius 2 is 1.85 bits per heavy atom. The second kappa shape index (κ2) is 5.12. The normalized spacial score (nSPS) is 10.2. The van der Waals surface area contributed by atoms with E-state index in [4.69, 9.17) is 4.55 Å². The molecule has 1 rings (SSSR count). The Kier molecular flexibility index (Phi) is 5.17. The van der Waals surface area contributed by atoms with Crippen molar-refractivity contribution in [1.29, 1.82) is 0 Å². The van der Waals surface area contributed by atoms with E-state index in [2.05, 4.69) is 6.58 Å². The average Bonchev–Trinajstić information content (AvgIpc) is 2.03. The van der Waals surface area contributed by atoms with Crippen LogP contribution in [0.15, 0.2) is 35.7 Å². The molecule has 1 N–H and O–H groups in total. The molecule has 0 heterocycles. The molecule has 13 heavy (non-hydrogen) atoms. The number of hydrogen-bond donors (Lipinski definition) is 1. The van der Waals surface area contributed by atoms with Crippen LogP contribution in [-0.2, 0) is 10.1 Å². The topological polar surface area (TPSA) is 54.4 Å². The third-order valence-electron chi connectivity index (χ3n) is 1.42. The van der Waals surface area contributed by atoms with E-state index in [9.17, 15) is 8.42 Å². The zero-order valence-corrected chi connectivity index (χ0v) is 10.00. The van der Waals surface area contributed by atoms with Crippen LogP contribution in [0.1, 0.15) is 5.56 Å². The third-order valence-corrected chi connectivity index (χ3v) is 2.34. The molecule has 0 saturated heterocycles. The molecule has 1 aromatic rings. The molecule has 3 nitrogen and oxygen atoms in total. The average molecular weight is 224 g/mol. The Morgan fingerprint density at radius 1 is 1.31 bits per heavy atom. The van der Waals surface area contributed by atoms with Crippen molar-refractivity contribution >= 4 is 53.9 Å². The van der Waals surface area contributed by atoms with Crippen LogP contribution in [-0.4, -0.2) is 50.7 Å². The molecule has 0 aliphatic rings. The predicted molar refractivity (Wildman–Crippen MR) is 52.1 cm³/mol. The van der Waals surface area contributed by atoms with Gasteiger partial charge in [-0.05, 0) is 11.6 Å². The summed E-state index contributed by atoms with van der Waals surface area (Å²) in [4.78, 5) is -0.111. The zero-order valence-electron chi connectivity index (χ0n) is 6.97. The molecular formula is C8H8CaO3S. The molecular weight excluding hydrogens is 216 g/mol. The summed E-state index contributed by atoms with van der Waals surface area (Å²) in [6, 6.07) is 6.10. The van der Waals surface area contributed by atoms with Crippen LogP contribution in [0.2, 0.25) is 0 Å². The molecule has 0 aliphatic carbocycles. The smallest absolute Gasteiger partial charge is 0.282 e. The molecule has 0 atom stereocenters. The SMILES string of the molecule is C=Cc1ccccc1S(=O)(=O)O.[Ca]. The van der Waals surface area contributed by atoms with Gasteiger partial charge in [-0.2, -0.15) is 8.42 Å². The van der Waals surface area contributed by atoms with Crippen molar-refractivity contribution in [1.82, 2.24) is 0 Å². The maximum Gasteiger partial charge on any atom is 0.295 e. The Hall–Kier alpha value is 0.130. The Morgan fingerprint density at radius 3 is 2.23 bits per heavy atom. The van der Waals surface area contributed by atoms with Gasteiger partial charge in [-0.1, -0.05) is 30.9 Å². The fourth-order valence-electron chi connectivity index (χ4n) is 0.884. The summed E-state index contributed by atoms with van der Waals surface area (Å²) in [7, 11) is -4.12. The first-order chi connectivity index (χ1) is 5.55. The molecule has 0 amide bonds. The Balaban J connectivity index is 0.00000144. The summed E-state index contributed by atoms with van der Waals surface area (Å²) in [6.45, 7) is 3.43. The van der Waals surface area contributed by atoms with Gasteiger partial charge < -0.3 is 0 Å². The van der Waals surface area contributed by atoms with Gasteiger partial charge in [0.15, 0.2) is 0 Å². The zero-order chi connectivity index (χ0) is 9.19.